The average Bonchev–Trinajstić information content (AvgIpc) is 2.04. The summed E-state index contributed by atoms with van der Waals surface area (Å²) < 4.78 is 5.21. The van der Waals surface area contributed by atoms with Crippen LogP contribution in [0.4, 0.5) is 0 Å². The normalized spacial score (nSPS) is 15.2. The fourth-order valence-corrected chi connectivity index (χ4v) is 1.24. The Morgan fingerprint density at radius 2 is 1.92 bits per heavy atom. The Hall–Kier alpha value is -0.500. The van der Waals surface area contributed by atoms with Crippen molar-refractivity contribution in [3.63, 3.8) is 0 Å². The minimum Gasteiger partial charge on any atom is -0.496 e. The maximum Gasteiger partial charge on any atom is 0.124 e. The largest absolute Gasteiger partial charge is 0.496 e. The minimum absolute atomic E-state index is 0.0625. The Morgan fingerprint density at radius 1 is 1.33 bits per heavy atom. The van der Waals surface area contributed by atoms with E-state index in [4.69, 9.17) is 4.74 Å². The summed E-state index contributed by atoms with van der Waals surface area (Å²) in [6, 6.07) is 0. The van der Waals surface area contributed by atoms with Crippen LogP contribution < -0.4 is 0 Å². The van der Waals surface area contributed by atoms with Gasteiger partial charge in [0.15, 0.2) is 0 Å². The first-order valence-corrected chi connectivity index (χ1v) is 4.70. The van der Waals surface area contributed by atoms with Gasteiger partial charge >= 0.3 is 0 Å². The molecule has 0 amide bonds. The molecule has 2 nitrogen and oxygen atoms in total. The van der Waals surface area contributed by atoms with Gasteiger partial charge in [-0.15, -0.1) is 0 Å². The van der Waals surface area contributed by atoms with E-state index in [1.54, 1.807) is 0 Å². The number of aliphatic hydroxyl groups is 1. The third kappa shape index (κ3) is 4.39. The molecule has 0 aliphatic carbocycles. The van der Waals surface area contributed by atoms with E-state index in [1.807, 2.05) is 0 Å². The van der Waals surface area contributed by atoms with Gasteiger partial charge in [0.25, 0.3) is 0 Å². The zero-order chi connectivity index (χ0) is 9.40. The van der Waals surface area contributed by atoms with Crippen molar-refractivity contribution in [2.45, 2.75) is 51.7 Å². The molecule has 0 radical (unpaired) electrons. The van der Waals surface area contributed by atoms with Gasteiger partial charge in [0.1, 0.15) is 6.10 Å². The molecule has 12 heavy (non-hydrogen) atoms. The molecule has 0 saturated heterocycles. The molecule has 2 heteroatoms. The van der Waals surface area contributed by atoms with Gasteiger partial charge in [-0.1, -0.05) is 33.3 Å². The van der Waals surface area contributed by atoms with E-state index in [9.17, 15) is 5.11 Å². The molecule has 0 aromatic rings. The van der Waals surface area contributed by atoms with Crippen molar-refractivity contribution < 1.29 is 9.84 Å². The van der Waals surface area contributed by atoms with Gasteiger partial charge < -0.3 is 9.84 Å². The predicted molar refractivity (Wildman–Crippen MR) is 50.9 cm³/mol. The summed E-state index contributed by atoms with van der Waals surface area (Å²) in [6.07, 6.45) is 4.73. The highest BCUT2D eigenvalue weighted by Gasteiger charge is 2.17. The Labute approximate surface area is 75.2 Å². The van der Waals surface area contributed by atoms with Crippen molar-refractivity contribution >= 4 is 0 Å². The van der Waals surface area contributed by atoms with Gasteiger partial charge in [0, 0.05) is 0 Å². The molecule has 0 saturated carbocycles. The molecule has 2 atom stereocenters. The van der Waals surface area contributed by atoms with Gasteiger partial charge in [-0.3, -0.25) is 0 Å². The van der Waals surface area contributed by atoms with Crippen molar-refractivity contribution in [3.05, 3.63) is 12.8 Å². The van der Waals surface area contributed by atoms with Gasteiger partial charge in [0.05, 0.1) is 12.4 Å². The smallest absolute Gasteiger partial charge is 0.124 e. The van der Waals surface area contributed by atoms with Crippen molar-refractivity contribution in [2.24, 2.45) is 0 Å². The Kier molecular flexibility index (Phi) is 6.87. The number of hydrogen-bond acceptors (Lipinski definition) is 2. The zero-order valence-corrected chi connectivity index (χ0v) is 8.12. The van der Waals surface area contributed by atoms with Crippen LogP contribution in [0.3, 0.4) is 0 Å². The highest BCUT2D eigenvalue weighted by Crippen LogP contribution is 2.11. The SMILES string of the molecule is C=COC(CCC)C(O)CCC. The van der Waals surface area contributed by atoms with Gasteiger partial charge in [0.2, 0.25) is 0 Å². The maximum atomic E-state index is 9.60. The molecule has 2 unspecified atom stereocenters. The third-order valence-electron chi connectivity index (χ3n) is 1.86. The average molecular weight is 172 g/mol. The van der Waals surface area contributed by atoms with Gasteiger partial charge in [-0.2, -0.15) is 0 Å². The Balaban J connectivity index is 3.80. The van der Waals surface area contributed by atoms with Crippen LogP contribution in [0.15, 0.2) is 12.8 Å². The van der Waals surface area contributed by atoms with Crippen LogP contribution in [0.1, 0.15) is 39.5 Å². The summed E-state index contributed by atoms with van der Waals surface area (Å²) in [6.45, 7) is 7.63. The fraction of sp³-hybridized carbons (Fsp3) is 0.800. The lowest BCUT2D eigenvalue weighted by molar-refractivity contribution is -0.000480. The van der Waals surface area contributed by atoms with E-state index in [0.717, 1.165) is 25.7 Å². The first-order valence-electron chi connectivity index (χ1n) is 4.70. The van der Waals surface area contributed by atoms with Crippen LogP contribution in [0.25, 0.3) is 0 Å². The molecule has 0 aliphatic rings. The standard InChI is InChI=1S/C10H20O2/c1-4-7-9(11)10(8-5-2)12-6-3/h6,9-11H,3-5,7-8H2,1-2H3. The molecule has 0 fully saturated rings. The molecular formula is C10H20O2. The predicted octanol–water partition coefficient (Wildman–Crippen LogP) is 2.48. The highest BCUT2D eigenvalue weighted by atomic mass is 16.5. The third-order valence-corrected chi connectivity index (χ3v) is 1.86. The Bertz CT molecular complexity index is 112. The van der Waals surface area contributed by atoms with Crippen LogP contribution in [-0.4, -0.2) is 17.3 Å². The topological polar surface area (TPSA) is 29.5 Å². The molecule has 72 valence electrons. The van der Waals surface area contributed by atoms with E-state index in [2.05, 4.69) is 20.4 Å². The monoisotopic (exact) mass is 172 g/mol. The lowest BCUT2D eigenvalue weighted by Crippen LogP contribution is -2.27. The number of rotatable bonds is 7. The van der Waals surface area contributed by atoms with Crippen LogP contribution >= 0.6 is 0 Å². The second kappa shape index (κ2) is 7.17. The fourth-order valence-electron chi connectivity index (χ4n) is 1.24. The molecular weight excluding hydrogens is 152 g/mol. The van der Waals surface area contributed by atoms with Gasteiger partial charge in [-0.05, 0) is 12.8 Å². The Morgan fingerprint density at radius 3 is 2.33 bits per heavy atom. The molecule has 0 heterocycles. The van der Waals surface area contributed by atoms with Crippen molar-refractivity contribution in [2.75, 3.05) is 0 Å². The zero-order valence-electron chi connectivity index (χ0n) is 8.12. The lowest BCUT2D eigenvalue weighted by Gasteiger charge is -2.21. The quantitative estimate of drug-likeness (QED) is 0.598. The van der Waals surface area contributed by atoms with E-state index in [1.165, 1.54) is 6.26 Å². The molecule has 0 aromatic heterocycles. The summed E-state index contributed by atoms with van der Waals surface area (Å²) >= 11 is 0. The van der Waals surface area contributed by atoms with E-state index in [-0.39, 0.29) is 12.2 Å². The van der Waals surface area contributed by atoms with Crippen molar-refractivity contribution in [1.29, 1.82) is 0 Å². The second-order valence-electron chi connectivity index (χ2n) is 2.99. The minimum atomic E-state index is -0.340. The maximum absolute atomic E-state index is 9.60. The molecule has 0 aromatic carbocycles. The lowest BCUT2D eigenvalue weighted by atomic mass is 10.0. The molecule has 0 bridgehead atoms. The molecule has 0 aliphatic heterocycles. The van der Waals surface area contributed by atoms with Crippen LogP contribution in [0, 0.1) is 0 Å². The molecule has 1 N–H and O–H groups in total. The van der Waals surface area contributed by atoms with E-state index in [0.29, 0.717) is 0 Å². The highest BCUT2D eigenvalue weighted by molar-refractivity contribution is 4.70. The molecule has 0 rings (SSSR count). The first kappa shape index (κ1) is 11.5. The van der Waals surface area contributed by atoms with E-state index >= 15 is 0 Å². The summed E-state index contributed by atoms with van der Waals surface area (Å²) in [7, 11) is 0. The van der Waals surface area contributed by atoms with E-state index < -0.39 is 0 Å². The second-order valence-corrected chi connectivity index (χ2v) is 2.99. The number of hydrogen-bond donors (Lipinski definition) is 1. The van der Waals surface area contributed by atoms with Crippen LogP contribution in [0.5, 0.6) is 0 Å². The van der Waals surface area contributed by atoms with Crippen molar-refractivity contribution in [3.8, 4) is 0 Å². The number of ether oxygens (including phenoxy) is 1. The van der Waals surface area contributed by atoms with Gasteiger partial charge in [-0.25, -0.2) is 0 Å². The number of aliphatic hydroxyl groups excluding tert-OH is 1. The molecule has 0 spiro atoms. The summed E-state index contributed by atoms with van der Waals surface area (Å²) in [4.78, 5) is 0. The van der Waals surface area contributed by atoms with Crippen molar-refractivity contribution in [1.82, 2.24) is 0 Å². The first-order chi connectivity index (χ1) is 5.76. The summed E-state index contributed by atoms with van der Waals surface area (Å²) in [5.74, 6) is 0. The van der Waals surface area contributed by atoms with Crippen LogP contribution in [0.2, 0.25) is 0 Å². The summed E-state index contributed by atoms with van der Waals surface area (Å²) in [5, 5.41) is 9.60. The van der Waals surface area contributed by atoms with Crippen LogP contribution in [-0.2, 0) is 4.74 Å². The summed E-state index contributed by atoms with van der Waals surface area (Å²) in [5.41, 5.74) is 0.